The van der Waals surface area contributed by atoms with Crippen molar-refractivity contribution in [1.82, 2.24) is 9.97 Å². The first-order valence-electron chi connectivity index (χ1n) is 6.57. The Bertz CT molecular complexity index is 763. The summed E-state index contributed by atoms with van der Waals surface area (Å²) >= 11 is 3.08. The summed E-state index contributed by atoms with van der Waals surface area (Å²) in [6, 6.07) is 7.65. The second-order valence-electron chi connectivity index (χ2n) is 4.77. The molecule has 0 unspecified atom stereocenters. The Morgan fingerprint density at radius 1 is 1.23 bits per heavy atom. The van der Waals surface area contributed by atoms with Gasteiger partial charge in [0.05, 0.1) is 16.8 Å². The Balaban J connectivity index is 1.72. The van der Waals surface area contributed by atoms with Crippen molar-refractivity contribution in [3.8, 4) is 9.88 Å². The van der Waals surface area contributed by atoms with Gasteiger partial charge < -0.3 is 10.2 Å². The summed E-state index contributed by atoms with van der Waals surface area (Å²) in [4.78, 5) is 23.8. The number of anilines is 2. The van der Waals surface area contributed by atoms with Gasteiger partial charge in [-0.15, -0.1) is 22.7 Å². The zero-order chi connectivity index (χ0) is 15.5. The van der Waals surface area contributed by atoms with Gasteiger partial charge in [0.15, 0.2) is 0 Å². The molecule has 0 aliphatic carbocycles. The van der Waals surface area contributed by atoms with Crippen LogP contribution in [0, 0.1) is 0 Å². The van der Waals surface area contributed by atoms with Crippen LogP contribution in [0.15, 0.2) is 41.2 Å². The van der Waals surface area contributed by atoms with E-state index < -0.39 is 0 Å². The third kappa shape index (κ3) is 3.15. The average molecular weight is 330 g/mol. The number of pyridine rings is 1. The second-order valence-corrected chi connectivity index (χ2v) is 6.57. The predicted molar refractivity (Wildman–Crippen MR) is 91.9 cm³/mol. The smallest absolute Gasteiger partial charge is 0.275 e. The van der Waals surface area contributed by atoms with Gasteiger partial charge in [0.25, 0.3) is 5.91 Å². The number of thiazole rings is 1. The van der Waals surface area contributed by atoms with E-state index in [0.717, 1.165) is 15.7 Å². The lowest BCUT2D eigenvalue weighted by molar-refractivity contribution is 0.102. The number of nitrogens with one attached hydrogen (secondary N) is 1. The highest BCUT2D eigenvalue weighted by molar-refractivity contribution is 7.20. The first kappa shape index (κ1) is 14.7. The Hall–Kier alpha value is -2.25. The van der Waals surface area contributed by atoms with Crippen molar-refractivity contribution in [2.75, 3.05) is 24.3 Å². The molecule has 3 aromatic heterocycles. The van der Waals surface area contributed by atoms with Crippen molar-refractivity contribution in [2.24, 2.45) is 0 Å². The van der Waals surface area contributed by atoms with Crippen molar-refractivity contribution in [1.29, 1.82) is 0 Å². The van der Waals surface area contributed by atoms with Gasteiger partial charge in [0.1, 0.15) is 16.5 Å². The number of thiophene rings is 1. The van der Waals surface area contributed by atoms with Crippen LogP contribution in [0.4, 0.5) is 11.5 Å². The first-order valence-corrected chi connectivity index (χ1v) is 8.33. The van der Waals surface area contributed by atoms with E-state index in [1.54, 1.807) is 22.9 Å². The minimum Gasteiger partial charge on any atom is -0.363 e. The van der Waals surface area contributed by atoms with Crippen LogP contribution in [0.1, 0.15) is 10.5 Å². The van der Waals surface area contributed by atoms with Crippen LogP contribution in [0.3, 0.4) is 0 Å². The fraction of sp³-hybridized carbons (Fsp3) is 0.133. The van der Waals surface area contributed by atoms with Crippen LogP contribution < -0.4 is 10.2 Å². The average Bonchev–Trinajstić information content (AvgIpc) is 3.19. The number of carbonyl (C=O) groups is 1. The van der Waals surface area contributed by atoms with E-state index in [0.29, 0.717) is 11.4 Å². The van der Waals surface area contributed by atoms with Gasteiger partial charge in [-0.2, -0.15) is 0 Å². The van der Waals surface area contributed by atoms with Gasteiger partial charge in [-0.25, -0.2) is 9.97 Å². The fourth-order valence-electron chi connectivity index (χ4n) is 1.81. The fourth-order valence-corrected chi connectivity index (χ4v) is 3.43. The number of hydrogen-bond donors (Lipinski definition) is 1. The maximum absolute atomic E-state index is 12.2. The molecule has 7 heteroatoms. The molecule has 5 nitrogen and oxygen atoms in total. The molecule has 0 atom stereocenters. The lowest BCUT2D eigenvalue weighted by Crippen LogP contribution is -2.14. The standard InChI is InChI=1S/C15H14N4OS2/c1-19(2)13-6-5-10(8-16-13)17-14(20)11-9-22-15(18-11)12-4-3-7-21-12/h3-9H,1-2H3,(H,17,20). The molecule has 0 saturated heterocycles. The minimum absolute atomic E-state index is 0.224. The molecule has 0 aliphatic heterocycles. The Morgan fingerprint density at radius 2 is 2.09 bits per heavy atom. The summed E-state index contributed by atoms with van der Waals surface area (Å²) in [7, 11) is 3.84. The third-order valence-electron chi connectivity index (χ3n) is 2.93. The summed E-state index contributed by atoms with van der Waals surface area (Å²) in [6.45, 7) is 0. The lowest BCUT2D eigenvalue weighted by Gasteiger charge is -2.11. The lowest BCUT2D eigenvalue weighted by atomic mass is 10.3. The monoisotopic (exact) mass is 330 g/mol. The van der Waals surface area contributed by atoms with E-state index in [-0.39, 0.29) is 5.91 Å². The molecule has 1 amide bonds. The SMILES string of the molecule is CN(C)c1ccc(NC(=O)c2csc(-c3cccs3)n2)cn1. The van der Waals surface area contributed by atoms with Crippen LogP contribution in [-0.4, -0.2) is 30.0 Å². The molecule has 0 bridgehead atoms. The molecular formula is C15H14N4OS2. The van der Waals surface area contributed by atoms with Gasteiger partial charge in [0, 0.05) is 19.5 Å². The van der Waals surface area contributed by atoms with Crippen LogP contribution in [-0.2, 0) is 0 Å². The molecule has 3 aromatic rings. The number of aromatic nitrogens is 2. The predicted octanol–water partition coefficient (Wildman–Crippen LogP) is 3.58. The maximum atomic E-state index is 12.2. The van der Waals surface area contributed by atoms with E-state index in [1.807, 2.05) is 48.6 Å². The van der Waals surface area contributed by atoms with Gasteiger partial charge in [-0.3, -0.25) is 4.79 Å². The normalized spacial score (nSPS) is 10.5. The minimum atomic E-state index is -0.224. The van der Waals surface area contributed by atoms with Crippen molar-refractivity contribution in [2.45, 2.75) is 0 Å². The Labute approximate surface area is 136 Å². The van der Waals surface area contributed by atoms with Gasteiger partial charge in [-0.1, -0.05) is 6.07 Å². The van der Waals surface area contributed by atoms with E-state index >= 15 is 0 Å². The zero-order valence-electron chi connectivity index (χ0n) is 12.1. The van der Waals surface area contributed by atoms with Gasteiger partial charge >= 0.3 is 0 Å². The summed E-state index contributed by atoms with van der Waals surface area (Å²) in [5, 5.41) is 7.44. The molecule has 0 aromatic carbocycles. The molecule has 1 N–H and O–H groups in total. The molecule has 0 saturated carbocycles. The number of amides is 1. The largest absolute Gasteiger partial charge is 0.363 e. The van der Waals surface area contributed by atoms with Crippen LogP contribution in [0.25, 0.3) is 9.88 Å². The molecule has 22 heavy (non-hydrogen) atoms. The van der Waals surface area contributed by atoms with E-state index in [4.69, 9.17) is 0 Å². The zero-order valence-corrected chi connectivity index (χ0v) is 13.7. The molecule has 0 aliphatic rings. The second kappa shape index (κ2) is 6.25. The van der Waals surface area contributed by atoms with Gasteiger partial charge in [0.2, 0.25) is 0 Å². The molecule has 0 spiro atoms. The molecular weight excluding hydrogens is 316 g/mol. The maximum Gasteiger partial charge on any atom is 0.275 e. The summed E-state index contributed by atoms with van der Waals surface area (Å²) in [5.74, 6) is 0.616. The number of hydrogen-bond acceptors (Lipinski definition) is 6. The Kier molecular flexibility index (Phi) is 4.17. The summed E-state index contributed by atoms with van der Waals surface area (Å²) in [6.07, 6.45) is 1.64. The van der Waals surface area contributed by atoms with Crippen LogP contribution >= 0.6 is 22.7 Å². The van der Waals surface area contributed by atoms with E-state index in [1.165, 1.54) is 11.3 Å². The Morgan fingerprint density at radius 3 is 2.73 bits per heavy atom. The summed E-state index contributed by atoms with van der Waals surface area (Å²) < 4.78 is 0. The van der Waals surface area contributed by atoms with E-state index in [9.17, 15) is 4.79 Å². The van der Waals surface area contributed by atoms with Crippen molar-refractivity contribution in [3.63, 3.8) is 0 Å². The molecule has 0 radical (unpaired) electrons. The van der Waals surface area contributed by atoms with Crippen LogP contribution in [0.5, 0.6) is 0 Å². The first-order chi connectivity index (χ1) is 10.6. The van der Waals surface area contributed by atoms with Gasteiger partial charge in [-0.05, 0) is 23.6 Å². The highest BCUT2D eigenvalue weighted by Crippen LogP contribution is 2.28. The van der Waals surface area contributed by atoms with Crippen LogP contribution in [0.2, 0.25) is 0 Å². The van der Waals surface area contributed by atoms with Crippen molar-refractivity contribution < 1.29 is 4.79 Å². The quantitative estimate of drug-likeness (QED) is 0.794. The number of carbonyl (C=O) groups excluding carboxylic acids is 1. The van der Waals surface area contributed by atoms with Crippen molar-refractivity contribution in [3.05, 3.63) is 46.9 Å². The highest BCUT2D eigenvalue weighted by atomic mass is 32.1. The molecule has 3 rings (SSSR count). The van der Waals surface area contributed by atoms with E-state index in [2.05, 4.69) is 15.3 Å². The number of nitrogens with zero attached hydrogens (tertiary/aromatic N) is 3. The molecule has 112 valence electrons. The highest BCUT2D eigenvalue weighted by Gasteiger charge is 2.12. The molecule has 3 heterocycles. The van der Waals surface area contributed by atoms with Crippen molar-refractivity contribution >= 4 is 40.1 Å². The topological polar surface area (TPSA) is 58.1 Å². The third-order valence-corrected chi connectivity index (χ3v) is 4.81. The number of rotatable bonds is 4. The molecule has 0 fully saturated rings. The summed E-state index contributed by atoms with van der Waals surface area (Å²) in [5.41, 5.74) is 1.08.